The number of nitrogens with zero attached hydrogens (tertiary/aromatic N) is 1. The van der Waals surface area contributed by atoms with Gasteiger partial charge in [-0.1, -0.05) is 6.07 Å². The highest BCUT2D eigenvalue weighted by molar-refractivity contribution is 5.82. The third-order valence-corrected chi connectivity index (χ3v) is 1.68. The Hall–Kier alpha value is -1.58. The molecule has 1 unspecified atom stereocenters. The first kappa shape index (κ1) is 9.51. The number of nitrogens with two attached hydrogens (primary N) is 1. The highest BCUT2D eigenvalue weighted by Gasteiger charge is 2.07. The predicted octanol–water partition coefficient (Wildman–Crippen LogP) is 0.676. The molecule has 1 amide bonds. The van der Waals surface area contributed by atoms with E-state index in [1.54, 1.807) is 13.0 Å². The van der Waals surface area contributed by atoms with Crippen molar-refractivity contribution in [2.75, 3.05) is 5.32 Å². The van der Waals surface area contributed by atoms with Gasteiger partial charge in [-0.2, -0.15) is 0 Å². The van der Waals surface area contributed by atoms with Crippen molar-refractivity contribution < 1.29 is 4.79 Å². The van der Waals surface area contributed by atoms with E-state index in [1.807, 2.05) is 19.1 Å². The summed E-state index contributed by atoms with van der Waals surface area (Å²) in [7, 11) is 0. The monoisotopic (exact) mass is 179 g/mol. The third-order valence-electron chi connectivity index (χ3n) is 1.68. The second-order valence-corrected chi connectivity index (χ2v) is 2.93. The lowest BCUT2D eigenvalue weighted by atomic mass is 10.3. The summed E-state index contributed by atoms with van der Waals surface area (Å²) in [5, 5.41) is 2.90. The molecule has 1 aromatic heterocycles. The maximum Gasteiger partial charge on any atom is 0.239 e. The number of primary amides is 1. The summed E-state index contributed by atoms with van der Waals surface area (Å²) < 4.78 is 0. The molecule has 0 aromatic carbocycles. The van der Waals surface area contributed by atoms with Gasteiger partial charge in [0, 0.05) is 5.69 Å². The first-order valence-electron chi connectivity index (χ1n) is 4.09. The summed E-state index contributed by atoms with van der Waals surface area (Å²) >= 11 is 0. The number of aromatic nitrogens is 1. The van der Waals surface area contributed by atoms with Gasteiger partial charge in [-0.15, -0.1) is 0 Å². The Morgan fingerprint density at radius 3 is 2.85 bits per heavy atom. The van der Waals surface area contributed by atoms with E-state index in [0.717, 1.165) is 5.69 Å². The molecular formula is C9H13N3O. The maximum absolute atomic E-state index is 10.7. The highest BCUT2D eigenvalue weighted by atomic mass is 16.1. The van der Waals surface area contributed by atoms with E-state index < -0.39 is 6.04 Å². The van der Waals surface area contributed by atoms with E-state index in [9.17, 15) is 4.79 Å². The van der Waals surface area contributed by atoms with Crippen LogP contribution in [-0.2, 0) is 4.79 Å². The summed E-state index contributed by atoms with van der Waals surface area (Å²) in [5.74, 6) is 0.287. The van der Waals surface area contributed by atoms with Gasteiger partial charge in [0.2, 0.25) is 5.91 Å². The normalized spacial score (nSPS) is 12.2. The number of anilines is 1. The molecule has 1 aromatic rings. The van der Waals surface area contributed by atoms with Gasteiger partial charge in [0.1, 0.15) is 11.9 Å². The standard InChI is InChI=1S/C9H13N3O/c1-6-4-3-5-8(11-6)12-7(2)9(10)13/h3-5,7H,1-2H3,(H2,10,13)(H,11,12). The van der Waals surface area contributed by atoms with Crippen LogP contribution in [0.25, 0.3) is 0 Å². The average molecular weight is 179 g/mol. The van der Waals surface area contributed by atoms with Crippen LogP contribution in [0.5, 0.6) is 0 Å². The Bertz CT molecular complexity index is 311. The Morgan fingerprint density at radius 1 is 1.62 bits per heavy atom. The Balaban J connectivity index is 2.69. The maximum atomic E-state index is 10.7. The number of rotatable bonds is 3. The molecule has 0 aliphatic carbocycles. The minimum absolute atomic E-state index is 0.386. The molecule has 0 saturated heterocycles. The second-order valence-electron chi connectivity index (χ2n) is 2.93. The first-order valence-corrected chi connectivity index (χ1v) is 4.09. The molecule has 4 heteroatoms. The van der Waals surface area contributed by atoms with Crippen LogP contribution >= 0.6 is 0 Å². The second kappa shape index (κ2) is 3.89. The summed E-state index contributed by atoms with van der Waals surface area (Å²) in [6.45, 7) is 3.59. The van der Waals surface area contributed by atoms with Crippen LogP contribution in [0.2, 0.25) is 0 Å². The number of aryl methyl sites for hydroxylation is 1. The van der Waals surface area contributed by atoms with Gasteiger partial charge in [-0.05, 0) is 26.0 Å². The van der Waals surface area contributed by atoms with Crippen molar-refractivity contribution in [1.82, 2.24) is 4.98 Å². The molecule has 4 nitrogen and oxygen atoms in total. The average Bonchev–Trinajstić information content (AvgIpc) is 2.04. The van der Waals surface area contributed by atoms with Crippen LogP contribution in [0.3, 0.4) is 0 Å². The molecule has 0 spiro atoms. The third kappa shape index (κ3) is 2.74. The van der Waals surface area contributed by atoms with Gasteiger partial charge >= 0.3 is 0 Å². The van der Waals surface area contributed by atoms with E-state index >= 15 is 0 Å². The van der Waals surface area contributed by atoms with E-state index in [2.05, 4.69) is 10.3 Å². The van der Waals surface area contributed by atoms with Gasteiger partial charge in [-0.25, -0.2) is 4.98 Å². The van der Waals surface area contributed by atoms with Crippen molar-refractivity contribution in [3.8, 4) is 0 Å². The first-order chi connectivity index (χ1) is 6.09. The largest absolute Gasteiger partial charge is 0.368 e. The number of carbonyl (C=O) groups excluding carboxylic acids is 1. The van der Waals surface area contributed by atoms with Crippen LogP contribution in [-0.4, -0.2) is 16.9 Å². The van der Waals surface area contributed by atoms with Crippen LogP contribution in [0.4, 0.5) is 5.82 Å². The zero-order valence-corrected chi connectivity index (χ0v) is 7.74. The van der Waals surface area contributed by atoms with Crippen LogP contribution in [0.15, 0.2) is 18.2 Å². The van der Waals surface area contributed by atoms with E-state index in [4.69, 9.17) is 5.73 Å². The molecule has 0 bridgehead atoms. The van der Waals surface area contributed by atoms with Crippen molar-refractivity contribution in [3.63, 3.8) is 0 Å². The summed E-state index contributed by atoms with van der Waals surface area (Å²) in [6.07, 6.45) is 0. The van der Waals surface area contributed by atoms with Gasteiger partial charge in [-0.3, -0.25) is 4.79 Å². The zero-order valence-electron chi connectivity index (χ0n) is 7.74. The molecule has 0 aliphatic rings. The Kier molecular flexibility index (Phi) is 2.84. The smallest absolute Gasteiger partial charge is 0.239 e. The predicted molar refractivity (Wildman–Crippen MR) is 51.3 cm³/mol. The summed E-state index contributed by atoms with van der Waals surface area (Å²) in [6, 6.07) is 5.17. The fourth-order valence-corrected chi connectivity index (χ4v) is 0.916. The fourth-order valence-electron chi connectivity index (χ4n) is 0.916. The van der Waals surface area contributed by atoms with Crippen molar-refractivity contribution in [3.05, 3.63) is 23.9 Å². The van der Waals surface area contributed by atoms with Crippen molar-refractivity contribution in [2.24, 2.45) is 5.73 Å². The Labute approximate surface area is 77.2 Å². The number of amides is 1. The Morgan fingerprint density at radius 2 is 2.31 bits per heavy atom. The van der Waals surface area contributed by atoms with Gasteiger partial charge < -0.3 is 11.1 Å². The van der Waals surface area contributed by atoms with E-state index in [-0.39, 0.29) is 5.91 Å². The quantitative estimate of drug-likeness (QED) is 0.716. The lowest BCUT2D eigenvalue weighted by Crippen LogP contribution is -2.32. The van der Waals surface area contributed by atoms with Gasteiger partial charge in [0.25, 0.3) is 0 Å². The molecule has 70 valence electrons. The molecule has 0 radical (unpaired) electrons. The highest BCUT2D eigenvalue weighted by Crippen LogP contribution is 2.04. The summed E-state index contributed by atoms with van der Waals surface area (Å²) in [4.78, 5) is 14.9. The zero-order chi connectivity index (χ0) is 9.84. The van der Waals surface area contributed by atoms with Crippen LogP contribution in [0, 0.1) is 6.92 Å². The van der Waals surface area contributed by atoms with E-state index in [0.29, 0.717) is 5.82 Å². The fraction of sp³-hybridized carbons (Fsp3) is 0.333. The van der Waals surface area contributed by atoms with Crippen molar-refractivity contribution >= 4 is 11.7 Å². The lowest BCUT2D eigenvalue weighted by Gasteiger charge is -2.10. The lowest BCUT2D eigenvalue weighted by molar-refractivity contribution is -0.118. The minimum atomic E-state index is -0.394. The molecule has 0 aliphatic heterocycles. The molecule has 3 N–H and O–H groups in total. The van der Waals surface area contributed by atoms with Crippen molar-refractivity contribution in [1.29, 1.82) is 0 Å². The molecule has 0 fully saturated rings. The molecule has 1 heterocycles. The molecular weight excluding hydrogens is 166 g/mol. The van der Waals surface area contributed by atoms with Gasteiger partial charge in [0.05, 0.1) is 0 Å². The molecule has 1 rings (SSSR count). The van der Waals surface area contributed by atoms with Crippen LogP contribution in [0.1, 0.15) is 12.6 Å². The summed E-state index contributed by atoms with van der Waals surface area (Å²) in [5.41, 5.74) is 6.00. The number of hydrogen-bond acceptors (Lipinski definition) is 3. The topological polar surface area (TPSA) is 68.0 Å². The van der Waals surface area contributed by atoms with Crippen LogP contribution < -0.4 is 11.1 Å². The number of hydrogen-bond donors (Lipinski definition) is 2. The molecule has 13 heavy (non-hydrogen) atoms. The molecule has 0 saturated carbocycles. The van der Waals surface area contributed by atoms with Crippen molar-refractivity contribution in [2.45, 2.75) is 19.9 Å². The van der Waals surface area contributed by atoms with E-state index in [1.165, 1.54) is 0 Å². The minimum Gasteiger partial charge on any atom is -0.368 e. The SMILES string of the molecule is Cc1cccc(NC(C)C(N)=O)n1. The number of pyridine rings is 1. The number of nitrogens with one attached hydrogen (secondary N) is 1. The number of carbonyl (C=O) groups is 1. The molecule has 1 atom stereocenters. The van der Waals surface area contributed by atoms with Gasteiger partial charge in [0.15, 0.2) is 0 Å².